The molecule has 0 saturated heterocycles. The van der Waals surface area contributed by atoms with Crippen LogP contribution in [0.4, 0.5) is 8.78 Å². The lowest BCUT2D eigenvalue weighted by molar-refractivity contribution is -0.152. The van der Waals surface area contributed by atoms with Gasteiger partial charge in [-0.3, -0.25) is 0 Å². The molecule has 0 aliphatic heterocycles. The summed E-state index contributed by atoms with van der Waals surface area (Å²) in [4.78, 5) is 16.1. The first-order valence-corrected chi connectivity index (χ1v) is 9.00. The van der Waals surface area contributed by atoms with Crippen molar-refractivity contribution >= 4 is 21.9 Å². The molecule has 0 aliphatic rings. The molecule has 0 aliphatic carbocycles. The number of benzene rings is 2. The Bertz CT molecular complexity index is 1010. The highest BCUT2D eigenvalue weighted by Gasteiger charge is 2.20. The Morgan fingerprint density at radius 3 is 2.75 bits per heavy atom. The smallest absolute Gasteiger partial charge is 0.344 e. The maximum Gasteiger partial charge on any atom is 0.344 e. The third-order valence-electron chi connectivity index (χ3n) is 3.77. The molecule has 0 fully saturated rings. The van der Waals surface area contributed by atoms with Crippen LogP contribution < -0.4 is 4.74 Å². The van der Waals surface area contributed by atoms with E-state index in [4.69, 9.17) is 14.0 Å². The monoisotopic (exact) mass is 452 g/mol. The zero-order valence-corrected chi connectivity index (χ0v) is 16.5. The van der Waals surface area contributed by atoms with Crippen LogP contribution in [0.25, 0.3) is 11.4 Å². The first kappa shape index (κ1) is 19.9. The van der Waals surface area contributed by atoms with Gasteiger partial charge in [0, 0.05) is 5.56 Å². The second-order valence-electron chi connectivity index (χ2n) is 5.92. The minimum absolute atomic E-state index is 0.0623. The van der Waals surface area contributed by atoms with Crippen LogP contribution in [0.1, 0.15) is 24.5 Å². The van der Waals surface area contributed by atoms with Gasteiger partial charge in [-0.15, -0.1) is 0 Å². The van der Waals surface area contributed by atoms with Crippen LogP contribution in [-0.2, 0) is 9.53 Å². The number of esters is 1. The fourth-order valence-electron chi connectivity index (χ4n) is 2.26. The molecular formula is C19H15BrF2N2O4. The quantitative estimate of drug-likeness (QED) is 0.501. The molecule has 6 nitrogen and oxygen atoms in total. The number of aryl methyl sites for hydroxylation is 1. The van der Waals surface area contributed by atoms with Crippen molar-refractivity contribution in [2.24, 2.45) is 0 Å². The van der Waals surface area contributed by atoms with Gasteiger partial charge in [0.05, 0.1) is 4.47 Å². The van der Waals surface area contributed by atoms with Crippen molar-refractivity contribution in [1.82, 2.24) is 10.1 Å². The second-order valence-corrected chi connectivity index (χ2v) is 6.77. The Kier molecular flexibility index (Phi) is 6.03. The lowest BCUT2D eigenvalue weighted by atomic mass is 10.1. The van der Waals surface area contributed by atoms with Crippen LogP contribution in [-0.4, -0.2) is 22.7 Å². The Balaban J connectivity index is 1.60. The summed E-state index contributed by atoms with van der Waals surface area (Å²) in [7, 11) is 0. The summed E-state index contributed by atoms with van der Waals surface area (Å²) >= 11 is 3.14. The number of aromatic nitrogens is 2. The number of carbonyl (C=O) groups is 1. The number of rotatable bonds is 6. The first-order chi connectivity index (χ1) is 13.3. The van der Waals surface area contributed by atoms with Crippen LogP contribution in [0.5, 0.6) is 5.75 Å². The maximum atomic E-state index is 13.7. The summed E-state index contributed by atoms with van der Waals surface area (Å²) < 4.78 is 42.7. The molecule has 1 aromatic heterocycles. The maximum absolute atomic E-state index is 13.7. The van der Waals surface area contributed by atoms with Crippen molar-refractivity contribution in [1.29, 1.82) is 0 Å². The number of halogens is 3. The molecular weight excluding hydrogens is 438 g/mol. The number of nitrogens with zero attached hydrogens (tertiary/aromatic N) is 2. The highest BCUT2D eigenvalue weighted by atomic mass is 79.9. The second kappa shape index (κ2) is 8.47. The molecule has 0 amide bonds. The Morgan fingerprint density at radius 2 is 2.04 bits per heavy atom. The molecule has 0 radical (unpaired) electrons. The van der Waals surface area contributed by atoms with Gasteiger partial charge in [0.1, 0.15) is 17.4 Å². The minimum Gasteiger partial charge on any atom is -0.481 e. The fourth-order valence-corrected chi connectivity index (χ4v) is 2.73. The van der Waals surface area contributed by atoms with E-state index in [1.165, 1.54) is 24.3 Å². The van der Waals surface area contributed by atoms with Gasteiger partial charge in [-0.25, -0.2) is 13.6 Å². The molecule has 0 spiro atoms. The van der Waals surface area contributed by atoms with Crippen molar-refractivity contribution in [3.05, 3.63) is 64.0 Å². The summed E-state index contributed by atoms with van der Waals surface area (Å²) in [6.45, 7) is 2.81. The normalized spacial score (nSPS) is 11.9. The molecule has 146 valence electrons. The number of hydrogen-bond acceptors (Lipinski definition) is 6. The average molecular weight is 453 g/mol. The van der Waals surface area contributed by atoms with Gasteiger partial charge >= 0.3 is 5.97 Å². The molecule has 0 saturated carbocycles. The molecule has 1 atom stereocenters. The largest absolute Gasteiger partial charge is 0.481 e. The number of carbonyl (C=O) groups excluding carboxylic acids is 1. The van der Waals surface area contributed by atoms with E-state index >= 15 is 0 Å². The molecule has 9 heteroatoms. The standard InChI is InChI=1S/C19H15BrF2N2O4/c1-10-3-4-12(7-15(10)22)18-23-19(28-24-18)11(2)27-17(25)9-26-16-6-5-13(21)8-14(16)20/h3-8,11H,9H2,1-2H3. The van der Waals surface area contributed by atoms with Gasteiger partial charge in [-0.1, -0.05) is 17.3 Å². The predicted octanol–water partition coefficient (Wildman–Crippen LogP) is 4.77. The van der Waals surface area contributed by atoms with E-state index in [2.05, 4.69) is 26.1 Å². The van der Waals surface area contributed by atoms with Gasteiger partial charge in [0.15, 0.2) is 12.7 Å². The Morgan fingerprint density at radius 1 is 1.25 bits per heavy atom. The first-order valence-electron chi connectivity index (χ1n) is 8.21. The molecule has 28 heavy (non-hydrogen) atoms. The third kappa shape index (κ3) is 4.72. The van der Waals surface area contributed by atoms with E-state index in [0.717, 1.165) is 0 Å². The van der Waals surface area contributed by atoms with Gasteiger partial charge in [0.25, 0.3) is 5.89 Å². The van der Waals surface area contributed by atoms with Gasteiger partial charge < -0.3 is 14.0 Å². The lowest BCUT2D eigenvalue weighted by Crippen LogP contribution is -2.17. The van der Waals surface area contributed by atoms with Crippen molar-refractivity contribution in [3.8, 4) is 17.1 Å². The molecule has 0 bridgehead atoms. The molecule has 1 unspecified atom stereocenters. The summed E-state index contributed by atoms with van der Waals surface area (Å²) in [6.07, 6.45) is -0.829. The van der Waals surface area contributed by atoms with E-state index in [-0.39, 0.29) is 17.5 Å². The molecule has 2 aromatic carbocycles. The van der Waals surface area contributed by atoms with Crippen LogP contribution in [0, 0.1) is 18.6 Å². The highest BCUT2D eigenvalue weighted by Crippen LogP contribution is 2.26. The molecule has 0 N–H and O–H groups in total. The third-order valence-corrected chi connectivity index (χ3v) is 4.39. The van der Waals surface area contributed by atoms with E-state index in [0.29, 0.717) is 21.3 Å². The zero-order chi connectivity index (χ0) is 20.3. The van der Waals surface area contributed by atoms with Crippen LogP contribution in [0.3, 0.4) is 0 Å². The van der Waals surface area contributed by atoms with E-state index < -0.39 is 24.5 Å². The van der Waals surface area contributed by atoms with Gasteiger partial charge in [0.2, 0.25) is 5.82 Å². The summed E-state index contributed by atoms with van der Waals surface area (Å²) in [5.74, 6) is -0.948. The summed E-state index contributed by atoms with van der Waals surface area (Å²) in [5.41, 5.74) is 0.948. The number of hydrogen-bond donors (Lipinski definition) is 0. The average Bonchev–Trinajstić information content (AvgIpc) is 3.13. The molecule has 3 rings (SSSR count). The van der Waals surface area contributed by atoms with Gasteiger partial charge in [-0.2, -0.15) is 4.98 Å². The van der Waals surface area contributed by atoms with E-state index in [1.807, 2.05) is 0 Å². The van der Waals surface area contributed by atoms with Crippen LogP contribution in [0.15, 0.2) is 45.4 Å². The topological polar surface area (TPSA) is 74.5 Å². The lowest BCUT2D eigenvalue weighted by Gasteiger charge is -2.11. The zero-order valence-electron chi connectivity index (χ0n) is 14.9. The van der Waals surface area contributed by atoms with E-state index in [1.54, 1.807) is 26.0 Å². The van der Waals surface area contributed by atoms with Crippen molar-refractivity contribution in [2.75, 3.05) is 6.61 Å². The predicted molar refractivity (Wildman–Crippen MR) is 98.5 cm³/mol. The highest BCUT2D eigenvalue weighted by molar-refractivity contribution is 9.10. The summed E-state index contributed by atoms with van der Waals surface area (Å²) in [5, 5.41) is 3.78. The number of ether oxygens (including phenoxy) is 2. The van der Waals surface area contributed by atoms with Crippen molar-refractivity contribution < 1.29 is 27.6 Å². The van der Waals surface area contributed by atoms with Crippen molar-refractivity contribution in [3.63, 3.8) is 0 Å². The van der Waals surface area contributed by atoms with Crippen LogP contribution in [0.2, 0.25) is 0 Å². The van der Waals surface area contributed by atoms with E-state index in [9.17, 15) is 13.6 Å². The molecule has 1 heterocycles. The summed E-state index contributed by atoms with van der Waals surface area (Å²) in [6, 6.07) is 8.39. The minimum atomic E-state index is -0.829. The Hall–Kier alpha value is -2.81. The van der Waals surface area contributed by atoms with Crippen molar-refractivity contribution in [2.45, 2.75) is 20.0 Å². The Labute approximate surface area is 167 Å². The fraction of sp³-hybridized carbons (Fsp3) is 0.211. The SMILES string of the molecule is Cc1ccc(-c2noc(C(C)OC(=O)COc3ccc(F)cc3Br)n2)cc1F. The molecule has 3 aromatic rings. The van der Waals surface area contributed by atoms with Gasteiger partial charge in [-0.05, 0) is 59.6 Å². The van der Waals surface area contributed by atoms with Crippen LogP contribution >= 0.6 is 15.9 Å².